The van der Waals surface area contributed by atoms with Gasteiger partial charge >= 0.3 is 0 Å². The van der Waals surface area contributed by atoms with Crippen LogP contribution in [0.15, 0.2) is 53.4 Å². The van der Waals surface area contributed by atoms with Crippen molar-refractivity contribution in [2.45, 2.75) is 82.2 Å². The largest absolute Gasteiger partial charge is 0.379 e. The van der Waals surface area contributed by atoms with Gasteiger partial charge in [0.2, 0.25) is 9.84 Å². The predicted octanol–water partition coefficient (Wildman–Crippen LogP) is 6.97. The molecule has 1 aliphatic heterocycles. The number of hydrogen-bond acceptors (Lipinski definition) is 5. The van der Waals surface area contributed by atoms with Crippen LogP contribution >= 0.6 is 0 Å². The normalized spacial score (nSPS) is 17.4. The Morgan fingerprint density at radius 1 is 0.944 bits per heavy atom. The van der Waals surface area contributed by atoms with E-state index in [1.165, 1.54) is 31.4 Å². The summed E-state index contributed by atoms with van der Waals surface area (Å²) in [7, 11) is -3.57. The van der Waals surface area contributed by atoms with E-state index in [-0.39, 0.29) is 6.10 Å². The van der Waals surface area contributed by atoms with Crippen molar-refractivity contribution in [3.8, 4) is 0 Å². The second-order valence-corrected chi connectivity index (χ2v) is 11.6. The van der Waals surface area contributed by atoms with Crippen molar-refractivity contribution >= 4 is 27.7 Å². The smallest absolute Gasteiger partial charge is 0.205 e. The molecule has 0 saturated carbocycles. The standard InChI is InChI=1S/C30H43NO4S/c1-4-7-21-31(22-8-5-2)27-17-13-25(14-18-27)11-12-26-15-19-29(20-16-26)36(32,33)30(6-3)35-28-10-9-23-34-24-28/h11-20,28,30H,4-10,21-24H2,1-3H3. The van der Waals surface area contributed by atoms with Gasteiger partial charge in [0.1, 0.15) is 0 Å². The van der Waals surface area contributed by atoms with Gasteiger partial charge in [0.15, 0.2) is 5.44 Å². The number of sulfone groups is 1. The third-order valence-corrected chi connectivity index (χ3v) is 8.71. The minimum Gasteiger partial charge on any atom is -0.379 e. The van der Waals surface area contributed by atoms with Gasteiger partial charge in [-0.2, -0.15) is 0 Å². The molecule has 0 bridgehead atoms. The molecule has 2 unspecified atom stereocenters. The minimum atomic E-state index is -3.57. The van der Waals surface area contributed by atoms with E-state index in [0.717, 1.165) is 43.7 Å². The third kappa shape index (κ3) is 8.19. The summed E-state index contributed by atoms with van der Waals surface area (Å²) < 4.78 is 37.7. The van der Waals surface area contributed by atoms with Gasteiger partial charge in [-0.1, -0.05) is 70.0 Å². The average molecular weight is 514 g/mol. The number of ether oxygens (including phenoxy) is 2. The molecule has 0 N–H and O–H groups in total. The van der Waals surface area contributed by atoms with Crippen LogP contribution in [0.2, 0.25) is 0 Å². The highest BCUT2D eigenvalue weighted by Crippen LogP contribution is 2.24. The molecule has 1 aliphatic rings. The van der Waals surface area contributed by atoms with Crippen LogP contribution in [0.3, 0.4) is 0 Å². The van der Waals surface area contributed by atoms with Crippen LogP contribution in [0, 0.1) is 0 Å². The molecule has 198 valence electrons. The van der Waals surface area contributed by atoms with Crippen molar-refractivity contribution in [2.75, 3.05) is 31.2 Å². The molecule has 2 aromatic rings. The molecule has 0 radical (unpaired) electrons. The fourth-order valence-electron chi connectivity index (χ4n) is 4.40. The second kappa shape index (κ2) is 14.6. The van der Waals surface area contributed by atoms with E-state index in [2.05, 4.69) is 49.1 Å². The first-order valence-corrected chi connectivity index (χ1v) is 15.1. The molecule has 36 heavy (non-hydrogen) atoms. The van der Waals surface area contributed by atoms with Gasteiger partial charge in [0.05, 0.1) is 17.6 Å². The minimum absolute atomic E-state index is 0.155. The van der Waals surface area contributed by atoms with Crippen LogP contribution in [0.25, 0.3) is 12.2 Å². The van der Waals surface area contributed by atoms with Crippen LogP contribution < -0.4 is 4.90 Å². The highest BCUT2D eigenvalue weighted by atomic mass is 32.2. The van der Waals surface area contributed by atoms with E-state index in [1.54, 1.807) is 12.1 Å². The molecule has 1 fully saturated rings. The summed E-state index contributed by atoms with van der Waals surface area (Å²) in [6.45, 7) is 9.69. The van der Waals surface area contributed by atoms with Crippen molar-refractivity contribution in [2.24, 2.45) is 0 Å². The topological polar surface area (TPSA) is 55.8 Å². The second-order valence-electron chi connectivity index (χ2n) is 9.55. The number of rotatable bonds is 14. The molecular formula is C30H43NO4S. The Hall–Kier alpha value is -2.15. The van der Waals surface area contributed by atoms with Crippen LogP contribution in [-0.4, -0.2) is 46.3 Å². The van der Waals surface area contributed by atoms with Crippen LogP contribution in [0.4, 0.5) is 5.69 Å². The fourth-order valence-corrected chi connectivity index (χ4v) is 5.96. The summed E-state index contributed by atoms with van der Waals surface area (Å²) in [4.78, 5) is 2.78. The Balaban J connectivity index is 1.63. The number of nitrogens with zero attached hydrogens (tertiary/aromatic N) is 1. The molecule has 0 aromatic heterocycles. The SMILES string of the molecule is CCCCN(CCCC)c1ccc(C=Cc2ccc(S(=O)(=O)C(CC)OC3CCCOC3)cc2)cc1. The summed E-state index contributed by atoms with van der Waals surface area (Å²) in [5.41, 5.74) is 2.50. The van der Waals surface area contributed by atoms with Crippen LogP contribution in [0.5, 0.6) is 0 Å². The van der Waals surface area contributed by atoms with Crippen molar-refractivity contribution in [1.29, 1.82) is 0 Å². The van der Waals surface area contributed by atoms with Gasteiger partial charge in [0.25, 0.3) is 0 Å². The van der Waals surface area contributed by atoms with Gasteiger partial charge < -0.3 is 14.4 Å². The first kappa shape index (κ1) is 28.4. The maximum absolute atomic E-state index is 13.2. The zero-order valence-corrected chi connectivity index (χ0v) is 23.0. The molecule has 0 spiro atoms. The first-order chi connectivity index (χ1) is 17.5. The van der Waals surface area contributed by atoms with E-state index in [4.69, 9.17) is 9.47 Å². The zero-order valence-electron chi connectivity index (χ0n) is 22.2. The lowest BCUT2D eigenvalue weighted by molar-refractivity contribution is -0.0617. The van der Waals surface area contributed by atoms with Crippen molar-refractivity contribution < 1.29 is 17.9 Å². The summed E-state index contributed by atoms with van der Waals surface area (Å²) in [5.74, 6) is 0. The Morgan fingerprint density at radius 3 is 2.03 bits per heavy atom. The van der Waals surface area contributed by atoms with Crippen molar-refractivity contribution in [3.05, 3.63) is 59.7 Å². The molecule has 3 rings (SSSR count). The highest BCUT2D eigenvalue weighted by molar-refractivity contribution is 7.91. The van der Waals surface area contributed by atoms with E-state index in [1.807, 2.05) is 25.1 Å². The third-order valence-electron chi connectivity index (χ3n) is 6.64. The summed E-state index contributed by atoms with van der Waals surface area (Å²) in [5, 5.41) is 0. The van der Waals surface area contributed by atoms with Crippen LogP contribution in [-0.2, 0) is 19.3 Å². The Kier molecular flexibility index (Phi) is 11.5. The fraction of sp³-hybridized carbons (Fsp3) is 0.533. The lowest BCUT2D eigenvalue weighted by Crippen LogP contribution is -2.34. The quantitative estimate of drug-likeness (QED) is 0.255. The molecule has 2 atom stereocenters. The van der Waals surface area contributed by atoms with Crippen LogP contribution in [0.1, 0.15) is 76.8 Å². The van der Waals surface area contributed by atoms with E-state index < -0.39 is 15.3 Å². The summed E-state index contributed by atoms with van der Waals surface area (Å²) in [6, 6.07) is 15.8. The molecule has 0 amide bonds. The van der Waals surface area contributed by atoms with Gasteiger partial charge in [-0.05, 0) is 67.5 Å². The molecule has 5 nitrogen and oxygen atoms in total. The summed E-state index contributed by atoms with van der Waals surface area (Å²) in [6.07, 6.45) is 10.9. The van der Waals surface area contributed by atoms with E-state index in [9.17, 15) is 8.42 Å². The highest BCUT2D eigenvalue weighted by Gasteiger charge is 2.30. The molecular weight excluding hydrogens is 470 g/mol. The van der Waals surface area contributed by atoms with Gasteiger partial charge in [-0.25, -0.2) is 8.42 Å². The van der Waals surface area contributed by atoms with Crippen molar-refractivity contribution in [1.82, 2.24) is 0 Å². The van der Waals surface area contributed by atoms with E-state index >= 15 is 0 Å². The maximum Gasteiger partial charge on any atom is 0.205 e. The zero-order chi connectivity index (χ0) is 25.8. The maximum atomic E-state index is 13.2. The van der Waals surface area contributed by atoms with Gasteiger partial charge in [-0.3, -0.25) is 0 Å². The Bertz CT molecular complexity index is 1020. The molecule has 2 aromatic carbocycles. The number of hydrogen-bond donors (Lipinski definition) is 0. The lowest BCUT2D eigenvalue weighted by atomic mass is 10.1. The first-order valence-electron chi connectivity index (χ1n) is 13.6. The van der Waals surface area contributed by atoms with Gasteiger partial charge in [-0.15, -0.1) is 0 Å². The molecule has 1 saturated heterocycles. The summed E-state index contributed by atoms with van der Waals surface area (Å²) >= 11 is 0. The Labute approximate surface area is 218 Å². The molecule has 1 heterocycles. The number of unbranched alkanes of at least 4 members (excludes halogenated alkanes) is 2. The average Bonchev–Trinajstić information content (AvgIpc) is 2.92. The number of anilines is 1. The lowest BCUT2D eigenvalue weighted by Gasteiger charge is -2.27. The van der Waals surface area contributed by atoms with Crippen molar-refractivity contribution in [3.63, 3.8) is 0 Å². The Morgan fingerprint density at radius 2 is 1.53 bits per heavy atom. The molecule has 0 aliphatic carbocycles. The monoisotopic (exact) mass is 513 g/mol. The molecule has 6 heteroatoms. The number of benzene rings is 2. The van der Waals surface area contributed by atoms with Gasteiger partial charge in [0, 0.05) is 25.4 Å². The van der Waals surface area contributed by atoms with E-state index in [0.29, 0.717) is 17.9 Å². The predicted molar refractivity (Wildman–Crippen MR) is 150 cm³/mol.